The van der Waals surface area contributed by atoms with Crippen molar-refractivity contribution in [1.82, 2.24) is 0 Å². The molecule has 0 aliphatic carbocycles. The molecule has 0 aromatic heterocycles. The van der Waals surface area contributed by atoms with Crippen LogP contribution in [0.5, 0.6) is 0 Å². The Balaban J connectivity index is 2.56. The van der Waals surface area contributed by atoms with E-state index in [0.29, 0.717) is 0 Å². The van der Waals surface area contributed by atoms with Crippen molar-refractivity contribution >= 4 is 34.3 Å². The molecule has 2 heteroatoms. The van der Waals surface area contributed by atoms with Gasteiger partial charge >= 0.3 is 0 Å². The molecule has 0 aliphatic rings. The van der Waals surface area contributed by atoms with Gasteiger partial charge in [-0.1, -0.05) is 48.6 Å². The smallest absolute Gasteiger partial charge is 0.0401 e. The molecule has 0 fully saturated rings. The van der Waals surface area contributed by atoms with Gasteiger partial charge in [-0.15, -0.1) is 0 Å². The van der Waals surface area contributed by atoms with Gasteiger partial charge in [0.1, 0.15) is 0 Å². The van der Waals surface area contributed by atoms with E-state index in [0.717, 1.165) is 33.1 Å². The molecule has 0 unspecified atom stereocenters. The Morgan fingerprint density at radius 3 is 2.14 bits per heavy atom. The lowest BCUT2D eigenvalue weighted by molar-refractivity contribution is 1.48. The molecule has 0 heterocycles. The first kappa shape index (κ1) is 14.2. The van der Waals surface area contributed by atoms with Gasteiger partial charge in [0, 0.05) is 22.5 Å². The van der Waals surface area contributed by atoms with E-state index < -0.39 is 0 Å². The fourth-order valence-electron chi connectivity index (χ4n) is 3.06. The molecule has 0 saturated carbocycles. The molecule has 0 aliphatic heterocycles. The van der Waals surface area contributed by atoms with E-state index in [4.69, 9.17) is 11.5 Å². The minimum Gasteiger partial charge on any atom is -0.398 e. The third-order valence-electron chi connectivity index (χ3n) is 4.12. The molecule has 3 rings (SSSR count). The standard InChI is InChI=1S/C20H20N2/c1-3-13-9-11-17(21)19(15(13)4-2)20-16-8-6-5-7-14(16)10-12-18(20)22/h3-12H,21-22H2,1-2H3. The van der Waals surface area contributed by atoms with Crippen molar-refractivity contribution in [2.24, 2.45) is 0 Å². The number of nitrogen functional groups attached to an aromatic ring is 2. The molecule has 0 spiro atoms. The maximum Gasteiger partial charge on any atom is 0.0401 e. The summed E-state index contributed by atoms with van der Waals surface area (Å²) in [5, 5.41) is 4.59. The highest BCUT2D eigenvalue weighted by atomic mass is 14.6. The van der Waals surface area contributed by atoms with Gasteiger partial charge in [0.2, 0.25) is 0 Å². The lowest BCUT2D eigenvalue weighted by atomic mass is 9.93. The van der Waals surface area contributed by atoms with Crippen LogP contribution < -0.4 is 21.9 Å². The predicted octanol–water partition coefficient (Wildman–Crippen LogP) is 3.27. The summed E-state index contributed by atoms with van der Waals surface area (Å²) in [7, 11) is 0. The quantitative estimate of drug-likeness (QED) is 0.675. The zero-order chi connectivity index (χ0) is 15.7. The molecular formula is C20H20N2. The van der Waals surface area contributed by atoms with Crippen molar-refractivity contribution in [2.75, 3.05) is 11.5 Å². The Hall–Kier alpha value is -2.74. The number of fused-ring (bicyclic) bond motifs is 1. The van der Waals surface area contributed by atoms with Gasteiger partial charge < -0.3 is 11.5 Å². The van der Waals surface area contributed by atoms with E-state index in [1.165, 1.54) is 10.6 Å². The van der Waals surface area contributed by atoms with Gasteiger partial charge in [-0.3, -0.25) is 0 Å². The Morgan fingerprint density at radius 1 is 0.727 bits per heavy atom. The largest absolute Gasteiger partial charge is 0.398 e. The van der Waals surface area contributed by atoms with E-state index in [2.05, 4.69) is 36.4 Å². The van der Waals surface area contributed by atoms with E-state index >= 15 is 0 Å². The average Bonchev–Trinajstić information content (AvgIpc) is 2.55. The number of hydrogen-bond donors (Lipinski definition) is 2. The number of hydrogen-bond acceptors (Lipinski definition) is 2. The molecule has 110 valence electrons. The third-order valence-corrected chi connectivity index (χ3v) is 4.12. The molecule has 0 radical (unpaired) electrons. The SMILES string of the molecule is CC=c1ccc(N)c(-c2c(N)ccc3ccccc23)c1=CC. The predicted molar refractivity (Wildman–Crippen MR) is 97.7 cm³/mol. The van der Waals surface area contributed by atoms with Crippen molar-refractivity contribution in [2.45, 2.75) is 13.8 Å². The lowest BCUT2D eigenvalue weighted by Gasteiger charge is -2.14. The molecule has 0 amide bonds. The Bertz CT molecular complexity index is 969. The number of anilines is 2. The van der Waals surface area contributed by atoms with Crippen molar-refractivity contribution < 1.29 is 0 Å². The highest BCUT2D eigenvalue weighted by molar-refractivity contribution is 6.04. The molecule has 3 aromatic carbocycles. The Labute approximate surface area is 130 Å². The van der Waals surface area contributed by atoms with Gasteiger partial charge in [0.15, 0.2) is 0 Å². The summed E-state index contributed by atoms with van der Waals surface area (Å²) >= 11 is 0. The number of rotatable bonds is 1. The van der Waals surface area contributed by atoms with Gasteiger partial charge in [0.25, 0.3) is 0 Å². The molecule has 3 aromatic rings. The summed E-state index contributed by atoms with van der Waals surface area (Å²) in [6, 6.07) is 16.3. The second-order valence-electron chi connectivity index (χ2n) is 5.36. The van der Waals surface area contributed by atoms with Crippen LogP contribution in [0.3, 0.4) is 0 Å². The first-order valence-electron chi connectivity index (χ1n) is 7.46. The number of nitrogens with two attached hydrogens (primary N) is 2. The van der Waals surface area contributed by atoms with Gasteiger partial charge in [-0.05, 0) is 47.2 Å². The summed E-state index contributed by atoms with van der Waals surface area (Å²) < 4.78 is 0. The molecule has 4 N–H and O–H groups in total. The maximum absolute atomic E-state index is 6.32. The second kappa shape index (κ2) is 5.57. The van der Waals surface area contributed by atoms with Crippen molar-refractivity contribution in [3.05, 3.63) is 59.0 Å². The topological polar surface area (TPSA) is 52.0 Å². The first-order chi connectivity index (χ1) is 10.7. The average molecular weight is 288 g/mol. The Kier molecular flexibility index (Phi) is 3.60. The van der Waals surface area contributed by atoms with Crippen LogP contribution in [0.4, 0.5) is 11.4 Å². The van der Waals surface area contributed by atoms with Gasteiger partial charge in [0.05, 0.1) is 0 Å². The van der Waals surface area contributed by atoms with E-state index in [1.807, 2.05) is 38.1 Å². The summed E-state index contributed by atoms with van der Waals surface area (Å²) in [4.78, 5) is 0. The van der Waals surface area contributed by atoms with Crippen LogP contribution in [0.15, 0.2) is 48.5 Å². The minimum atomic E-state index is 0.752. The van der Waals surface area contributed by atoms with Crippen LogP contribution in [0.2, 0.25) is 0 Å². The zero-order valence-electron chi connectivity index (χ0n) is 12.9. The van der Waals surface area contributed by atoms with Crippen LogP contribution in [-0.4, -0.2) is 0 Å². The summed E-state index contributed by atoms with van der Waals surface area (Å²) in [6.07, 6.45) is 4.20. The summed E-state index contributed by atoms with van der Waals surface area (Å²) in [6.45, 7) is 4.07. The summed E-state index contributed by atoms with van der Waals surface area (Å²) in [5.41, 5.74) is 16.2. The van der Waals surface area contributed by atoms with Crippen molar-refractivity contribution in [3.8, 4) is 11.1 Å². The van der Waals surface area contributed by atoms with Crippen LogP contribution >= 0.6 is 0 Å². The summed E-state index contributed by atoms with van der Waals surface area (Å²) in [5.74, 6) is 0. The van der Waals surface area contributed by atoms with Crippen LogP contribution in [-0.2, 0) is 0 Å². The van der Waals surface area contributed by atoms with Gasteiger partial charge in [-0.2, -0.15) is 0 Å². The zero-order valence-corrected chi connectivity index (χ0v) is 12.9. The van der Waals surface area contributed by atoms with Crippen LogP contribution in [0.1, 0.15) is 13.8 Å². The molecular weight excluding hydrogens is 268 g/mol. The maximum atomic E-state index is 6.32. The van der Waals surface area contributed by atoms with Crippen molar-refractivity contribution in [3.63, 3.8) is 0 Å². The highest BCUT2D eigenvalue weighted by Crippen LogP contribution is 2.34. The fraction of sp³-hybridized carbons (Fsp3) is 0.100. The fourth-order valence-corrected chi connectivity index (χ4v) is 3.06. The molecule has 0 bridgehead atoms. The van der Waals surface area contributed by atoms with E-state index in [1.54, 1.807) is 0 Å². The molecule has 0 atom stereocenters. The molecule has 22 heavy (non-hydrogen) atoms. The van der Waals surface area contributed by atoms with E-state index in [-0.39, 0.29) is 0 Å². The first-order valence-corrected chi connectivity index (χ1v) is 7.46. The highest BCUT2D eigenvalue weighted by Gasteiger charge is 2.12. The number of benzene rings is 3. The molecule has 2 nitrogen and oxygen atoms in total. The Morgan fingerprint density at radius 2 is 1.41 bits per heavy atom. The van der Waals surface area contributed by atoms with Crippen LogP contribution in [0, 0.1) is 0 Å². The van der Waals surface area contributed by atoms with Crippen molar-refractivity contribution in [1.29, 1.82) is 0 Å². The monoisotopic (exact) mass is 288 g/mol. The third kappa shape index (κ3) is 2.13. The normalized spacial score (nSPS) is 13.0. The van der Waals surface area contributed by atoms with E-state index in [9.17, 15) is 0 Å². The lowest BCUT2D eigenvalue weighted by Crippen LogP contribution is -2.27. The minimum absolute atomic E-state index is 0.752. The van der Waals surface area contributed by atoms with Crippen LogP contribution in [0.25, 0.3) is 34.1 Å². The van der Waals surface area contributed by atoms with Gasteiger partial charge in [-0.25, -0.2) is 0 Å². The molecule has 0 saturated heterocycles. The second-order valence-corrected chi connectivity index (χ2v) is 5.36.